The van der Waals surface area contributed by atoms with E-state index in [9.17, 15) is 4.79 Å². The molecule has 2 N–H and O–H groups in total. The second kappa shape index (κ2) is 6.40. The molecule has 0 saturated carbocycles. The minimum absolute atomic E-state index is 0.194. The summed E-state index contributed by atoms with van der Waals surface area (Å²) in [5.41, 5.74) is 8.98. The fourth-order valence-electron chi connectivity index (χ4n) is 2.04. The maximum Gasteiger partial charge on any atom is 0.307 e. The van der Waals surface area contributed by atoms with Gasteiger partial charge in [0.15, 0.2) is 0 Å². The Morgan fingerprint density at radius 1 is 1.33 bits per heavy atom. The lowest BCUT2D eigenvalue weighted by atomic mass is 9.99. The third-order valence-corrected chi connectivity index (χ3v) is 2.81. The molecule has 0 radical (unpaired) electrons. The number of aryl methyl sites for hydroxylation is 2. The van der Waals surface area contributed by atoms with Crippen LogP contribution in [-0.2, 0) is 9.53 Å². The van der Waals surface area contributed by atoms with Crippen LogP contribution in [0.2, 0.25) is 0 Å². The summed E-state index contributed by atoms with van der Waals surface area (Å²) in [4.78, 5) is 11.4. The standard InChI is InChI=1S/C14H21NO3/c1-5-18-13(16)8-12(15)11-6-9(2)14(17-4)10(3)7-11/h6-7,12H,5,8,15H2,1-4H3/t12-/m1/s1. The summed E-state index contributed by atoms with van der Waals surface area (Å²) in [6.07, 6.45) is 0.194. The van der Waals surface area contributed by atoms with E-state index in [1.54, 1.807) is 14.0 Å². The van der Waals surface area contributed by atoms with Crippen LogP contribution in [-0.4, -0.2) is 19.7 Å². The van der Waals surface area contributed by atoms with Crippen LogP contribution in [0.5, 0.6) is 5.75 Å². The van der Waals surface area contributed by atoms with Gasteiger partial charge in [-0.25, -0.2) is 0 Å². The molecule has 1 rings (SSSR count). The normalized spacial score (nSPS) is 12.1. The van der Waals surface area contributed by atoms with E-state index in [1.807, 2.05) is 26.0 Å². The highest BCUT2D eigenvalue weighted by molar-refractivity contribution is 5.70. The Bertz CT molecular complexity index is 406. The Kier molecular flexibility index (Phi) is 5.16. The first-order valence-corrected chi connectivity index (χ1v) is 6.05. The van der Waals surface area contributed by atoms with E-state index in [2.05, 4.69) is 0 Å². The van der Waals surface area contributed by atoms with Crippen molar-refractivity contribution in [3.63, 3.8) is 0 Å². The molecule has 0 heterocycles. The van der Waals surface area contributed by atoms with Gasteiger partial charge in [0.2, 0.25) is 0 Å². The van der Waals surface area contributed by atoms with Gasteiger partial charge in [-0.2, -0.15) is 0 Å². The Morgan fingerprint density at radius 2 is 1.89 bits per heavy atom. The molecule has 100 valence electrons. The molecule has 0 aliphatic rings. The molecule has 1 atom stereocenters. The summed E-state index contributed by atoms with van der Waals surface area (Å²) in [6, 6.07) is 3.57. The molecule has 0 spiro atoms. The Hall–Kier alpha value is -1.55. The van der Waals surface area contributed by atoms with Crippen molar-refractivity contribution in [3.8, 4) is 5.75 Å². The molecule has 0 aliphatic heterocycles. The van der Waals surface area contributed by atoms with Crippen molar-refractivity contribution >= 4 is 5.97 Å². The zero-order chi connectivity index (χ0) is 13.7. The van der Waals surface area contributed by atoms with Gasteiger partial charge >= 0.3 is 5.97 Å². The average molecular weight is 251 g/mol. The molecular weight excluding hydrogens is 230 g/mol. The van der Waals surface area contributed by atoms with Gasteiger partial charge in [0.1, 0.15) is 5.75 Å². The van der Waals surface area contributed by atoms with Gasteiger partial charge in [-0.05, 0) is 37.5 Å². The third kappa shape index (κ3) is 3.47. The fourth-order valence-corrected chi connectivity index (χ4v) is 2.04. The second-order valence-electron chi connectivity index (χ2n) is 4.30. The maximum atomic E-state index is 11.4. The molecule has 4 nitrogen and oxygen atoms in total. The minimum Gasteiger partial charge on any atom is -0.496 e. The molecule has 0 aromatic heterocycles. The zero-order valence-corrected chi connectivity index (χ0v) is 11.4. The van der Waals surface area contributed by atoms with E-state index in [0.29, 0.717) is 6.61 Å². The molecule has 4 heteroatoms. The molecule has 0 bridgehead atoms. The second-order valence-corrected chi connectivity index (χ2v) is 4.30. The summed E-state index contributed by atoms with van der Waals surface area (Å²) in [7, 11) is 1.65. The average Bonchev–Trinajstić information content (AvgIpc) is 2.28. The van der Waals surface area contributed by atoms with Gasteiger partial charge in [-0.3, -0.25) is 4.79 Å². The molecule has 0 aliphatic carbocycles. The molecular formula is C14H21NO3. The summed E-state index contributed by atoms with van der Waals surface area (Å²) in [5, 5.41) is 0. The number of benzene rings is 1. The highest BCUT2D eigenvalue weighted by Gasteiger charge is 2.15. The van der Waals surface area contributed by atoms with Crippen molar-refractivity contribution in [1.29, 1.82) is 0 Å². The van der Waals surface area contributed by atoms with E-state index in [-0.39, 0.29) is 18.4 Å². The van der Waals surface area contributed by atoms with Crippen molar-refractivity contribution in [3.05, 3.63) is 28.8 Å². The largest absolute Gasteiger partial charge is 0.496 e. The number of methoxy groups -OCH3 is 1. The summed E-state index contributed by atoms with van der Waals surface area (Å²) in [5.74, 6) is 0.596. The fraction of sp³-hybridized carbons (Fsp3) is 0.500. The quantitative estimate of drug-likeness (QED) is 0.815. The van der Waals surface area contributed by atoms with Gasteiger partial charge < -0.3 is 15.2 Å². The number of esters is 1. The number of hydrogen-bond donors (Lipinski definition) is 1. The van der Waals surface area contributed by atoms with Crippen LogP contribution in [0.4, 0.5) is 0 Å². The van der Waals surface area contributed by atoms with E-state index in [4.69, 9.17) is 15.2 Å². The van der Waals surface area contributed by atoms with Gasteiger partial charge in [0.05, 0.1) is 20.1 Å². The lowest BCUT2D eigenvalue weighted by molar-refractivity contribution is -0.143. The highest BCUT2D eigenvalue weighted by atomic mass is 16.5. The van der Waals surface area contributed by atoms with Crippen molar-refractivity contribution in [2.24, 2.45) is 5.73 Å². The van der Waals surface area contributed by atoms with Crippen LogP contribution in [0.1, 0.15) is 36.1 Å². The molecule has 0 amide bonds. The molecule has 0 unspecified atom stereocenters. The first-order valence-electron chi connectivity index (χ1n) is 6.05. The predicted molar refractivity (Wildman–Crippen MR) is 70.6 cm³/mol. The molecule has 1 aromatic carbocycles. The van der Waals surface area contributed by atoms with Gasteiger partial charge in [-0.1, -0.05) is 12.1 Å². The van der Waals surface area contributed by atoms with E-state index in [1.165, 1.54) is 0 Å². The van der Waals surface area contributed by atoms with Gasteiger partial charge in [0, 0.05) is 6.04 Å². The lowest BCUT2D eigenvalue weighted by Gasteiger charge is -2.15. The Balaban J connectivity index is 2.87. The van der Waals surface area contributed by atoms with E-state index < -0.39 is 0 Å². The van der Waals surface area contributed by atoms with Crippen LogP contribution in [0.3, 0.4) is 0 Å². The summed E-state index contributed by atoms with van der Waals surface area (Å²) < 4.78 is 10.2. The summed E-state index contributed by atoms with van der Waals surface area (Å²) >= 11 is 0. The SMILES string of the molecule is CCOC(=O)C[C@@H](N)c1cc(C)c(OC)c(C)c1. The van der Waals surface area contributed by atoms with Crippen LogP contribution >= 0.6 is 0 Å². The number of carbonyl (C=O) groups excluding carboxylic acids is 1. The maximum absolute atomic E-state index is 11.4. The number of rotatable bonds is 5. The number of nitrogens with two attached hydrogens (primary N) is 1. The smallest absolute Gasteiger partial charge is 0.307 e. The number of ether oxygens (including phenoxy) is 2. The van der Waals surface area contributed by atoms with Crippen LogP contribution in [0.15, 0.2) is 12.1 Å². The number of hydrogen-bond acceptors (Lipinski definition) is 4. The first-order chi connectivity index (χ1) is 8.49. The molecule has 18 heavy (non-hydrogen) atoms. The summed E-state index contributed by atoms with van der Waals surface area (Å²) in [6.45, 7) is 6.09. The topological polar surface area (TPSA) is 61.5 Å². The van der Waals surface area contributed by atoms with Gasteiger partial charge in [-0.15, -0.1) is 0 Å². The van der Waals surface area contributed by atoms with Crippen molar-refractivity contribution < 1.29 is 14.3 Å². The van der Waals surface area contributed by atoms with Gasteiger partial charge in [0.25, 0.3) is 0 Å². The van der Waals surface area contributed by atoms with Crippen LogP contribution in [0, 0.1) is 13.8 Å². The molecule has 0 fully saturated rings. The lowest BCUT2D eigenvalue weighted by Crippen LogP contribution is -2.17. The zero-order valence-electron chi connectivity index (χ0n) is 11.4. The van der Waals surface area contributed by atoms with Crippen LogP contribution in [0.25, 0.3) is 0 Å². The van der Waals surface area contributed by atoms with E-state index in [0.717, 1.165) is 22.4 Å². The van der Waals surface area contributed by atoms with Crippen molar-refractivity contribution in [1.82, 2.24) is 0 Å². The highest BCUT2D eigenvalue weighted by Crippen LogP contribution is 2.27. The van der Waals surface area contributed by atoms with Crippen molar-refractivity contribution in [2.45, 2.75) is 33.2 Å². The Morgan fingerprint density at radius 3 is 2.33 bits per heavy atom. The first kappa shape index (κ1) is 14.5. The van der Waals surface area contributed by atoms with Crippen LogP contribution < -0.4 is 10.5 Å². The monoisotopic (exact) mass is 251 g/mol. The minimum atomic E-state index is -0.340. The predicted octanol–water partition coefficient (Wildman–Crippen LogP) is 2.27. The Labute approximate surface area is 108 Å². The van der Waals surface area contributed by atoms with Crippen molar-refractivity contribution in [2.75, 3.05) is 13.7 Å². The third-order valence-electron chi connectivity index (χ3n) is 2.81. The number of carbonyl (C=O) groups is 1. The molecule has 0 saturated heterocycles. The van der Waals surface area contributed by atoms with E-state index >= 15 is 0 Å². The molecule has 1 aromatic rings.